The molecule has 1 aromatic heterocycles. The predicted octanol–water partition coefficient (Wildman–Crippen LogP) is 5.83. The summed E-state index contributed by atoms with van der Waals surface area (Å²) in [5, 5.41) is 11.6. The summed E-state index contributed by atoms with van der Waals surface area (Å²) < 4.78 is 16.3. The minimum Gasteiger partial charge on any atom is -0.507 e. The molecule has 0 spiro atoms. The summed E-state index contributed by atoms with van der Waals surface area (Å²) >= 11 is 0.950. The molecule has 40 heavy (non-hydrogen) atoms. The van der Waals surface area contributed by atoms with Gasteiger partial charge < -0.3 is 19.3 Å². The van der Waals surface area contributed by atoms with Gasteiger partial charge in [-0.3, -0.25) is 14.5 Å². The van der Waals surface area contributed by atoms with Crippen LogP contribution in [0.2, 0.25) is 0 Å². The Morgan fingerprint density at radius 2 is 1.75 bits per heavy atom. The maximum absolute atomic E-state index is 13.5. The Hall–Kier alpha value is -4.18. The molecule has 1 atom stereocenters. The van der Waals surface area contributed by atoms with E-state index in [9.17, 15) is 19.5 Å². The first kappa shape index (κ1) is 28.8. The molecule has 9 nitrogen and oxygen atoms in total. The second-order valence-electron chi connectivity index (χ2n) is 9.22. The van der Waals surface area contributed by atoms with Crippen molar-refractivity contribution in [3.05, 3.63) is 75.8 Å². The lowest BCUT2D eigenvalue weighted by atomic mass is 9.95. The summed E-state index contributed by atoms with van der Waals surface area (Å²) in [5.74, 6) is -1.47. The monoisotopic (exact) mass is 564 g/mol. The Morgan fingerprint density at radius 3 is 2.42 bits per heavy atom. The number of aromatic nitrogens is 1. The molecule has 2 heterocycles. The van der Waals surface area contributed by atoms with Gasteiger partial charge in [0.05, 0.1) is 37.6 Å². The number of hydrogen-bond donors (Lipinski definition) is 1. The van der Waals surface area contributed by atoms with Crippen molar-refractivity contribution in [3.8, 4) is 11.5 Å². The van der Waals surface area contributed by atoms with Crippen LogP contribution in [-0.2, 0) is 14.3 Å². The van der Waals surface area contributed by atoms with Crippen LogP contribution in [0.3, 0.4) is 0 Å². The van der Waals surface area contributed by atoms with Crippen molar-refractivity contribution in [1.82, 2.24) is 4.98 Å². The Labute approximate surface area is 237 Å². The van der Waals surface area contributed by atoms with Gasteiger partial charge >= 0.3 is 11.9 Å². The number of amides is 1. The predicted molar refractivity (Wildman–Crippen MR) is 152 cm³/mol. The lowest BCUT2D eigenvalue weighted by Crippen LogP contribution is -2.29. The van der Waals surface area contributed by atoms with E-state index in [0.717, 1.165) is 30.6 Å². The first-order chi connectivity index (χ1) is 19.3. The number of rotatable bonds is 11. The summed E-state index contributed by atoms with van der Waals surface area (Å²) in [5.41, 5.74) is 1.17. The summed E-state index contributed by atoms with van der Waals surface area (Å²) in [6.45, 7) is 6.75. The molecule has 0 radical (unpaired) electrons. The van der Waals surface area contributed by atoms with Gasteiger partial charge in [0, 0.05) is 5.56 Å². The molecule has 1 saturated heterocycles. The lowest BCUT2D eigenvalue weighted by Gasteiger charge is -2.23. The molecule has 1 aliphatic rings. The molecule has 1 fully saturated rings. The fraction of sp³-hybridized carbons (Fsp3) is 0.333. The van der Waals surface area contributed by atoms with Crippen LogP contribution in [-0.4, -0.2) is 48.1 Å². The number of ketones is 1. The van der Waals surface area contributed by atoms with Crippen molar-refractivity contribution < 1.29 is 33.7 Å². The minimum absolute atomic E-state index is 0.0928. The molecule has 1 amide bonds. The Kier molecular flexibility index (Phi) is 9.21. The van der Waals surface area contributed by atoms with Gasteiger partial charge in [-0.25, -0.2) is 9.78 Å². The van der Waals surface area contributed by atoms with Gasteiger partial charge in [0.25, 0.3) is 5.78 Å². The van der Waals surface area contributed by atoms with Gasteiger partial charge in [0.15, 0.2) is 5.13 Å². The molecule has 1 aliphatic heterocycles. The number of carbonyl (C=O) groups is 3. The van der Waals surface area contributed by atoms with Gasteiger partial charge in [-0.15, -0.1) is 0 Å². The molecular weight excluding hydrogens is 532 g/mol. The summed E-state index contributed by atoms with van der Waals surface area (Å²) in [7, 11) is 1.26. The standard InChI is InChI=1S/C30H32N2O7S/c1-5-7-16-39-21-13-11-19(12-14-21)24-23(25(33)20-9-8-10-22(17-20)38-15-6-2)26(34)28(35)32(24)30-31-18(3)27(40-30)29(36)37-4/h8-14,17,24,33H,5-7,15-16H2,1-4H3/b25-23+. The molecule has 1 N–H and O–H groups in total. The summed E-state index contributed by atoms with van der Waals surface area (Å²) in [6.07, 6.45) is 2.72. The average Bonchev–Trinajstić information content (AvgIpc) is 3.48. The Morgan fingerprint density at radius 1 is 1.02 bits per heavy atom. The number of nitrogens with zero attached hydrogens (tertiary/aromatic N) is 2. The number of aryl methyl sites for hydroxylation is 1. The molecule has 0 saturated carbocycles. The van der Waals surface area contributed by atoms with Crippen molar-refractivity contribution in [3.63, 3.8) is 0 Å². The lowest BCUT2D eigenvalue weighted by molar-refractivity contribution is -0.132. The van der Waals surface area contributed by atoms with E-state index in [1.165, 1.54) is 12.0 Å². The smallest absolute Gasteiger partial charge is 0.350 e. The normalized spacial score (nSPS) is 16.3. The zero-order valence-electron chi connectivity index (χ0n) is 22.9. The minimum atomic E-state index is -0.999. The van der Waals surface area contributed by atoms with Gasteiger partial charge in [-0.2, -0.15) is 0 Å². The fourth-order valence-corrected chi connectivity index (χ4v) is 5.31. The molecule has 4 rings (SSSR count). The van der Waals surface area contributed by atoms with Crippen molar-refractivity contribution in [2.45, 2.75) is 46.1 Å². The Balaban J connectivity index is 1.84. The number of benzene rings is 2. The van der Waals surface area contributed by atoms with Crippen molar-refractivity contribution in [1.29, 1.82) is 0 Å². The second-order valence-corrected chi connectivity index (χ2v) is 10.2. The van der Waals surface area contributed by atoms with E-state index in [1.54, 1.807) is 55.5 Å². The van der Waals surface area contributed by atoms with E-state index in [2.05, 4.69) is 11.9 Å². The van der Waals surface area contributed by atoms with Crippen LogP contribution >= 0.6 is 11.3 Å². The highest BCUT2D eigenvalue weighted by Gasteiger charge is 2.48. The van der Waals surface area contributed by atoms with E-state index >= 15 is 0 Å². The third kappa shape index (κ3) is 5.86. The van der Waals surface area contributed by atoms with E-state index in [0.29, 0.717) is 41.5 Å². The number of methoxy groups -OCH3 is 1. The number of carbonyl (C=O) groups excluding carboxylic acids is 3. The van der Waals surface area contributed by atoms with E-state index in [-0.39, 0.29) is 21.3 Å². The third-order valence-corrected chi connectivity index (χ3v) is 7.49. The number of ether oxygens (including phenoxy) is 3. The number of esters is 1. The maximum atomic E-state index is 13.5. The zero-order chi connectivity index (χ0) is 28.8. The van der Waals surface area contributed by atoms with Gasteiger partial charge in [0.2, 0.25) is 0 Å². The molecular formula is C30H32N2O7S. The summed E-state index contributed by atoms with van der Waals surface area (Å²) in [4.78, 5) is 45.1. The highest BCUT2D eigenvalue weighted by Crippen LogP contribution is 2.44. The number of thiazole rings is 1. The maximum Gasteiger partial charge on any atom is 0.350 e. The van der Waals surface area contributed by atoms with Crippen LogP contribution in [0.25, 0.3) is 5.76 Å². The van der Waals surface area contributed by atoms with E-state index in [4.69, 9.17) is 14.2 Å². The first-order valence-corrected chi connectivity index (χ1v) is 13.9. The number of aliphatic hydroxyl groups excluding tert-OH is 1. The SMILES string of the molecule is CCCCOc1ccc(C2/C(=C(\O)c3cccc(OCCC)c3)C(=O)C(=O)N2c2nc(C)c(C(=O)OC)s2)cc1. The van der Waals surface area contributed by atoms with Crippen molar-refractivity contribution in [2.24, 2.45) is 0 Å². The van der Waals surface area contributed by atoms with Crippen LogP contribution in [0.5, 0.6) is 11.5 Å². The van der Waals surface area contributed by atoms with Crippen LogP contribution in [0, 0.1) is 6.92 Å². The molecule has 2 aromatic carbocycles. The van der Waals surface area contributed by atoms with Crippen LogP contribution in [0.4, 0.5) is 5.13 Å². The Bertz CT molecular complexity index is 1430. The quantitative estimate of drug-likeness (QED) is 0.102. The summed E-state index contributed by atoms with van der Waals surface area (Å²) in [6, 6.07) is 12.8. The van der Waals surface area contributed by atoms with Gasteiger partial charge in [-0.1, -0.05) is 55.9 Å². The third-order valence-electron chi connectivity index (χ3n) is 6.35. The highest BCUT2D eigenvalue weighted by molar-refractivity contribution is 7.17. The highest BCUT2D eigenvalue weighted by atomic mass is 32.1. The number of anilines is 1. The molecule has 3 aromatic rings. The zero-order valence-corrected chi connectivity index (χ0v) is 23.7. The fourth-order valence-electron chi connectivity index (χ4n) is 4.30. The molecule has 0 aliphatic carbocycles. The van der Waals surface area contributed by atoms with Crippen molar-refractivity contribution in [2.75, 3.05) is 25.2 Å². The van der Waals surface area contributed by atoms with E-state index in [1.807, 2.05) is 6.92 Å². The molecule has 10 heteroatoms. The van der Waals surface area contributed by atoms with Crippen LogP contribution in [0.1, 0.15) is 65.6 Å². The van der Waals surface area contributed by atoms with Crippen molar-refractivity contribution >= 4 is 39.9 Å². The second kappa shape index (κ2) is 12.8. The number of aliphatic hydroxyl groups is 1. The molecule has 0 bridgehead atoms. The van der Waals surface area contributed by atoms with Gasteiger partial charge in [-0.05, 0) is 49.6 Å². The van der Waals surface area contributed by atoms with Crippen LogP contribution in [0.15, 0.2) is 54.1 Å². The molecule has 210 valence electrons. The number of hydrogen-bond acceptors (Lipinski definition) is 9. The van der Waals surface area contributed by atoms with E-state index < -0.39 is 23.7 Å². The topological polar surface area (TPSA) is 115 Å². The van der Waals surface area contributed by atoms with Crippen LogP contribution < -0.4 is 14.4 Å². The first-order valence-electron chi connectivity index (χ1n) is 13.1. The van der Waals surface area contributed by atoms with Gasteiger partial charge in [0.1, 0.15) is 22.1 Å². The molecule has 1 unspecified atom stereocenters. The largest absolute Gasteiger partial charge is 0.507 e. The number of unbranched alkanes of at least 4 members (excludes halogenated alkanes) is 1. The average molecular weight is 565 g/mol. The number of Topliss-reactive ketones (excluding diaryl/α,β-unsaturated/α-hetero) is 1.